The Balaban J connectivity index is 1.45. The van der Waals surface area contributed by atoms with Crippen LogP contribution in [0.3, 0.4) is 0 Å². The first-order valence-electron chi connectivity index (χ1n) is 10.5. The van der Waals surface area contributed by atoms with Crippen LogP contribution in [0.4, 0.5) is 5.69 Å². The fourth-order valence-corrected chi connectivity index (χ4v) is 3.36. The normalized spacial score (nSPS) is 13.0. The van der Waals surface area contributed by atoms with Crippen LogP contribution < -0.4 is 14.8 Å². The third-order valence-electron chi connectivity index (χ3n) is 5.17. The molecule has 4 rings (SSSR count). The molecule has 1 amide bonds. The largest absolute Gasteiger partial charge is 0.486 e. The molecule has 0 aromatic heterocycles. The zero-order chi connectivity index (χ0) is 23.4. The summed E-state index contributed by atoms with van der Waals surface area (Å²) in [4.78, 5) is 38.4. The van der Waals surface area contributed by atoms with Crippen LogP contribution >= 0.6 is 0 Å². The van der Waals surface area contributed by atoms with E-state index in [9.17, 15) is 14.4 Å². The van der Waals surface area contributed by atoms with Gasteiger partial charge in [-0.1, -0.05) is 48.0 Å². The molecule has 3 aromatic rings. The van der Waals surface area contributed by atoms with Crippen molar-refractivity contribution in [2.75, 3.05) is 18.5 Å². The van der Waals surface area contributed by atoms with E-state index in [1.165, 1.54) is 13.0 Å². The zero-order valence-electron chi connectivity index (χ0n) is 18.3. The molecule has 7 nitrogen and oxygen atoms in total. The first kappa shape index (κ1) is 22.1. The summed E-state index contributed by atoms with van der Waals surface area (Å²) >= 11 is 0. The third kappa shape index (κ3) is 5.03. The van der Waals surface area contributed by atoms with Gasteiger partial charge >= 0.3 is 5.97 Å². The van der Waals surface area contributed by atoms with Crippen LogP contribution in [0.25, 0.3) is 0 Å². The van der Waals surface area contributed by atoms with Crippen LogP contribution in [0, 0.1) is 6.92 Å². The van der Waals surface area contributed by atoms with E-state index in [0.29, 0.717) is 36.0 Å². The van der Waals surface area contributed by atoms with Gasteiger partial charge in [0.2, 0.25) is 0 Å². The number of rotatable bonds is 6. The number of ether oxygens (including phenoxy) is 3. The van der Waals surface area contributed by atoms with Gasteiger partial charge < -0.3 is 19.5 Å². The van der Waals surface area contributed by atoms with Gasteiger partial charge in [0.15, 0.2) is 23.4 Å². The quantitative estimate of drug-likeness (QED) is 0.452. The first-order chi connectivity index (χ1) is 15.9. The Labute approximate surface area is 191 Å². The van der Waals surface area contributed by atoms with Crippen LogP contribution in [0.5, 0.6) is 11.5 Å². The van der Waals surface area contributed by atoms with Crippen molar-refractivity contribution in [3.05, 3.63) is 89.0 Å². The lowest BCUT2D eigenvalue weighted by Gasteiger charge is -2.19. The van der Waals surface area contributed by atoms with Crippen molar-refractivity contribution in [3.63, 3.8) is 0 Å². The molecule has 0 radical (unpaired) electrons. The standard InChI is InChI=1S/C26H23NO6/c1-16-7-9-18(10-8-16)24(28)20-5-3-4-6-21(20)26(30)33-17(2)25(29)27-19-11-12-22-23(15-19)32-14-13-31-22/h3-12,15,17H,13-14H2,1-2H3,(H,27,29). The van der Waals surface area contributed by atoms with Crippen molar-refractivity contribution < 1.29 is 28.6 Å². The number of esters is 1. The summed E-state index contributed by atoms with van der Waals surface area (Å²) in [6.45, 7) is 4.30. The maximum absolute atomic E-state index is 13.0. The summed E-state index contributed by atoms with van der Waals surface area (Å²) in [6.07, 6.45) is -1.09. The van der Waals surface area contributed by atoms with Gasteiger partial charge in [0.05, 0.1) is 5.56 Å². The second-order valence-electron chi connectivity index (χ2n) is 7.64. The van der Waals surface area contributed by atoms with Crippen molar-refractivity contribution in [2.45, 2.75) is 20.0 Å². The minimum absolute atomic E-state index is 0.0991. The predicted octanol–water partition coefficient (Wildman–Crippen LogP) is 4.18. The highest BCUT2D eigenvalue weighted by molar-refractivity contribution is 6.14. The molecule has 168 valence electrons. The number of ketones is 1. The van der Waals surface area contributed by atoms with E-state index in [4.69, 9.17) is 14.2 Å². The first-order valence-corrected chi connectivity index (χ1v) is 10.5. The molecule has 1 unspecified atom stereocenters. The zero-order valence-corrected chi connectivity index (χ0v) is 18.3. The lowest BCUT2D eigenvalue weighted by atomic mass is 9.98. The third-order valence-corrected chi connectivity index (χ3v) is 5.17. The molecule has 0 bridgehead atoms. The van der Waals surface area contributed by atoms with Crippen molar-refractivity contribution in [3.8, 4) is 11.5 Å². The number of hydrogen-bond acceptors (Lipinski definition) is 6. The summed E-state index contributed by atoms with van der Waals surface area (Å²) in [5.41, 5.74) is 2.29. The van der Waals surface area contributed by atoms with Gasteiger partial charge in [-0.3, -0.25) is 9.59 Å². The molecule has 0 saturated heterocycles. The Kier molecular flexibility index (Phi) is 6.40. The molecule has 7 heteroatoms. The van der Waals surface area contributed by atoms with Gasteiger partial charge in [-0.25, -0.2) is 4.79 Å². The number of carbonyl (C=O) groups excluding carboxylic acids is 3. The van der Waals surface area contributed by atoms with E-state index in [-0.39, 0.29) is 16.9 Å². The molecular weight excluding hydrogens is 422 g/mol. The minimum atomic E-state index is -1.09. The van der Waals surface area contributed by atoms with Crippen molar-refractivity contribution in [2.24, 2.45) is 0 Å². The fraction of sp³-hybridized carbons (Fsp3) is 0.192. The van der Waals surface area contributed by atoms with Crippen LogP contribution in [-0.2, 0) is 9.53 Å². The topological polar surface area (TPSA) is 90.9 Å². The van der Waals surface area contributed by atoms with E-state index < -0.39 is 18.0 Å². The summed E-state index contributed by atoms with van der Waals surface area (Å²) in [5, 5.41) is 2.70. The number of anilines is 1. The van der Waals surface area contributed by atoms with Gasteiger partial charge in [0, 0.05) is 22.9 Å². The highest BCUT2D eigenvalue weighted by atomic mass is 16.6. The molecule has 0 saturated carbocycles. The van der Waals surface area contributed by atoms with Crippen molar-refractivity contribution in [1.82, 2.24) is 0 Å². The number of fused-ring (bicyclic) bond motifs is 1. The highest BCUT2D eigenvalue weighted by Crippen LogP contribution is 2.32. The molecule has 1 aliphatic rings. The number of amides is 1. The van der Waals surface area contributed by atoms with E-state index >= 15 is 0 Å². The molecule has 0 aliphatic carbocycles. The van der Waals surface area contributed by atoms with E-state index in [1.54, 1.807) is 48.5 Å². The molecule has 1 aliphatic heterocycles. The van der Waals surface area contributed by atoms with Gasteiger partial charge in [-0.2, -0.15) is 0 Å². The van der Waals surface area contributed by atoms with Gasteiger partial charge in [0.25, 0.3) is 5.91 Å². The summed E-state index contributed by atoms with van der Waals surface area (Å²) in [5.74, 6) is -0.421. The van der Waals surface area contributed by atoms with Gasteiger partial charge in [0.1, 0.15) is 13.2 Å². The highest BCUT2D eigenvalue weighted by Gasteiger charge is 2.24. The Morgan fingerprint density at radius 3 is 2.27 bits per heavy atom. The van der Waals surface area contributed by atoms with Crippen molar-refractivity contribution >= 4 is 23.3 Å². The Morgan fingerprint density at radius 2 is 1.55 bits per heavy atom. The lowest BCUT2D eigenvalue weighted by molar-refractivity contribution is -0.123. The summed E-state index contributed by atoms with van der Waals surface area (Å²) in [6, 6.07) is 18.5. The number of aryl methyl sites for hydroxylation is 1. The van der Waals surface area contributed by atoms with E-state index in [1.807, 2.05) is 19.1 Å². The molecule has 1 atom stereocenters. The summed E-state index contributed by atoms with van der Waals surface area (Å²) < 4.78 is 16.3. The molecule has 33 heavy (non-hydrogen) atoms. The average Bonchev–Trinajstić information content (AvgIpc) is 2.84. The predicted molar refractivity (Wildman–Crippen MR) is 122 cm³/mol. The van der Waals surface area contributed by atoms with Gasteiger partial charge in [-0.05, 0) is 32.0 Å². The molecule has 1 N–H and O–H groups in total. The molecule has 0 spiro atoms. The minimum Gasteiger partial charge on any atom is -0.486 e. The fourth-order valence-electron chi connectivity index (χ4n) is 3.36. The Bertz CT molecular complexity index is 1200. The maximum atomic E-state index is 13.0. The Hall–Kier alpha value is -4.13. The van der Waals surface area contributed by atoms with Crippen LogP contribution in [0.1, 0.15) is 38.8 Å². The second-order valence-corrected chi connectivity index (χ2v) is 7.64. The van der Waals surface area contributed by atoms with Gasteiger partial charge in [-0.15, -0.1) is 0 Å². The van der Waals surface area contributed by atoms with Crippen molar-refractivity contribution in [1.29, 1.82) is 0 Å². The second kappa shape index (κ2) is 9.56. The number of benzene rings is 3. The summed E-state index contributed by atoms with van der Waals surface area (Å²) in [7, 11) is 0. The van der Waals surface area contributed by atoms with Crippen LogP contribution in [-0.4, -0.2) is 37.0 Å². The molecule has 3 aromatic carbocycles. The SMILES string of the molecule is Cc1ccc(C(=O)c2ccccc2C(=O)OC(C)C(=O)Nc2ccc3c(c2)OCCO3)cc1. The lowest BCUT2D eigenvalue weighted by Crippen LogP contribution is -2.30. The number of nitrogens with one attached hydrogen (secondary N) is 1. The molecular formula is C26H23NO6. The Morgan fingerprint density at radius 1 is 0.879 bits per heavy atom. The average molecular weight is 445 g/mol. The number of carbonyl (C=O) groups is 3. The smallest absolute Gasteiger partial charge is 0.339 e. The van der Waals surface area contributed by atoms with E-state index in [0.717, 1.165) is 5.56 Å². The van der Waals surface area contributed by atoms with E-state index in [2.05, 4.69) is 5.32 Å². The number of hydrogen-bond donors (Lipinski definition) is 1. The molecule has 1 heterocycles. The maximum Gasteiger partial charge on any atom is 0.339 e. The van der Waals surface area contributed by atoms with Crippen LogP contribution in [0.2, 0.25) is 0 Å². The van der Waals surface area contributed by atoms with Crippen LogP contribution in [0.15, 0.2) is 66.7 Å². The molecule has 0 fully saturated rings. The monoisotopic (exact) mass is 445 g/mol.